The zero-order valence-corrected chi connectivity index (χ0v) is 11.4. The molecule has 1 aromatic heterocycles. The molecule has 104 valence electrons. The van der Waals surface area contributed by atoms with E-state index in [2.05, 4.69) is 4.98 Å². The Hall–Kier alpha value is -1.90. The quantitative estimate of drug-likeness (QED) is 0.839. The van der Waals surface area contributed by atoms with Crippen LogP contribution in [0.4, 0.5) is 4.39 Å². The molecule has 1 N–H and O–H groups in total. The first kappa shape index (κ1) is 13.1. The minimum absolute atomic E-state index is 0.0661. The van der Waals surface area contributed by atoms with E-state index in [0.717, 1.165) is 42.5 Å². The molecule has 1 aliphatic carbocycles. The number of nitrogens with one attached hydrogen (secondary N) is 1. The number of hydrogen-bond donors (Lipinski definition) is 1. The van der Waals surface area contributed by atoms with Gasteiger partial charge in [0, 0.05) is 11.8 Å². The van der Waals surface area contributed by atoms with E-state index < -0.39 is 0 Å². The zero-order valence-electron chi connectivity index (χ0n) is 11.4. The number of fused-ring (bicyclic) bond motifs is 1. The van der Waals surface area contributed by atoms with Gasteiger partial charge in [-0.25, -0.2) is 4.39 Å². The van der Waals surface area contributed by atoms with Gasteiger partial charge < -0.3 is 4.98 Å². The van der Waals surface area contributed by atoms with Crippen LogP contribution in [-0.4, -0.2) is 4.98 Å². The van der Waals surface area contributed by atoms with Gasteiger partial charge in [0.25, 0.3) is 0 Å². The number of aryl methyl sites for hydroxylation is 1. The molecule has 1 heterocycles. The van der Waals surface area contributed by atoms with Gasteiger partial charge in [-0.05, 0) is 54.5 Å². The Morgan fingerprint density at radius 2 is 1.65 bits per heavy atom. The molecule has 1 aromatic carbocycles. The van der Waals surface area contributed by atoms with Crippen LogP contribution in [0.3, 0.4) is 0 Å². The molecule has 3 rings (SSSR count). The number of halogens is 1. The summed E-state index contributed by atoms with van der Waals surface area (Å²) in [5.74, 6) is -0.249. The third-order valence-corrected chi connectivity index (χ3v) is 4.00. The Bertz CT molecular complexity index is 658. The molecule has 1 aliphatic rings. The van der Waals surface area contributed by atoms with Crippen LogP contribution < -0.4 is 5.56 Å². The fourth-order valence-electron chi connectivity index (χ4n) is 2.98. The maximum absolute atomic E-state index is 13.1. The molecule has 0 atom stereocenters. The van der Waals surface area contributed by atoms with Crippen LogP contribution in [0.1, 0.15) is 36.9 Å². The molecule has 3 heteroatoms. The molecule has 0 aliphatic heterocycles. The van der Waals surface area contributed by atoms with Gasteiger partial charge in [-0.3, -0.25) is 4.79 Å². The fourth-order valence-corrected chi connectivity index (χ4v) is 2.98. The largest absolute Gasteiger partial charge is 0.326 e. The van der Waals surface area contributed by atoms with Crippen LogP contribution in [0.15, 0.2) is 35.1 Å². The van der Waals surface area contributed by atoms with Gasteiger partial charge in [-0.15, -0.1) is 0 Å². The second kappa shape index (κ2) is 5.61. The SMILES string of the molecule is O=c1cc(-c2ccc(F)cc2)c2c([nH]1)CCCCCC2. The van der Waals surface area contributed by atoms with E-state index in [1.807, 2.05) is 0 Å². The lowest BCUT2D eigenvalue weighted by molar-refractivity contribution is 0.608. The van der Waals surface area contributed by atoms with Gasteiger partial charge in [0.15, 0.2) is 0 Å². The van der Waals surface area contributed by atoms with E-state index >= 15 is 0 Å². The fraction of sp³-hybridized carbons (Fsp3) is 0.353. The topological polar surface area (TPSA) is 32.9 Å². The summed E-state index contributed by atoms with van der Waals surface area (Å²) in [6, 6.07) is 8.05. The first-order valence-corrected chi connectivity index (χ1v) is 7.25. The molecule has 0 saturated carbocycles. The number of pyridine rings is 1. The van der Waals surface area contributed by atoms with Gasteiger partial charge in [0.1, 0.15) is 5.82 Å². The van der Waals surface area contributed by atoms with Crippen molar-refractivity contribution in [2.24, 2.45) is 0 Å². The lowest BCUT2D eigenvalue weighted by Crippen LogP contribution is -2.14. The van der Waals surface area contributed by atoms with E-state index in [0.29, 0.717) is 0 Å². The van der Waals surface area contributed by atoms with Crippen molar-refractivity contribution in [2.45, 2.75) is 38.5 Å². The third kappa shape index (κ3) is 2.67. The maximum atomic E-state index is 13.1. The summed E-state index contributed by atoms with van der Waals surface area (Å²) in [6.07, 6.45) is 6.64. The summed E-state index contributed by atoms with van der Waals surface area (Å²) in [5, 5.41) is 0. The Kier molecular flexibility index (Phi) is 3.68. The highest BCUT2D eigenvalue weighted by Gasteiger charge is 2.14. The molecule has 0 fully saturated rings. The molecule has 2 nitrogen and oxygen atoms in total. The monoisotopic (exact) mass is 271 g/mol. The standard InChI is InChI=1S/C17H18FNO/c18-13-9-7-12(8-10-13)15-11-17(20)19-16-6-4-2-1-3-5-14(15)16/h7-11H,1-6H2,(H,19,20). The number of aromatic nitrogens is 1. The number of hydrogen-bond acceptors (Lipinski definition) is 1. The lowest BCUT2D eigenvalue weighted by Gasteiger charge is -2.17. The molecule has 0 amide bonds. The molecule has 0 spiro atoms. The van der Waals surface area contributed by atoms with Crippen molar-refractivity contribution in [3.63, 3.8) is 0 Å². The Labute approximate surface area is 117 Å². The van der Waals surface area contributed by atoms with Crippen LogP contribution in [-0.2, 0) is 12.8 Å². The number of benzene rings is 1. The number of H-pyrrole nitrogens is 1. The molecule has 2 aromatic rings. The van der Waals surface area contributed by atoms with Crippen LogP contribution in [0.25, 0.3) is 11.1 Å². The minimum Gasteiger partial charge on any atom is -0.326 e. The van der Waals surface area contributed by atoms with Crippen LogP contribution in [0.2, 0.25) is 0 Å². The Balaban J connectivity index is 2.13. The Morgan fingerprint density at radius 1 is 0.950 bits per heavy atom. The summed E-state index contributed by atoms with van der Waals surface area (Å²) in [4.78, 5) is 14.9. The summed E-state index contributed by atoms with van der Waals surface area (Å²) in [7, 11) is 0. The van der Waals surface area contributed by atoms with Crippen molar-refractivity contribution >= 4 is 0 Å². The van der Waals surface area contributed by atoms with Crippen molar-refractivity contribution in [1.82, 2.24) is 4.98 Å². The summed E-state index contributed by atoms with van der Waals surface area (Å²) < 4.78 is 13.1. The highest BCUT2D eigenvalue weighted by molar-refractivity contribution is 5.68. The molecule has 20 heavy (non-hydrogen) atoms. The van der Waals surface area contributed by atoms with E-state index in [1.165, 1.54) is 30.5 Å². The lowest BCUT2D eigenvalue weighted by atomic mass is 9.91. The van der Waals surface area contributed by atoms with Crippen molar-refractivity contribution in [1.29, 1.82) is 0 Å². The van der Waals surface area contributed by atoms with E-state index in [-0.39, 0.29) is 11.4 Å². The zero-order chi connectivity index (χ0) is 13.9. The van der Waals surface area contributed by atoms with E-state index in [9.17, 15) is 9.18 Å². The average molecular weight is 271 g/mol. The van der Waals surface area contributed by atoms with Crippen LogP contribution in [0, 0.1) is 5.82 Å². The normalized spacial score (nSPS) is 15.2. The molecular formula is C17H18FNO. The maximum Gasteiger partial charge on any atom is 0.248 e. The Morgan fingerprint density at radius 3 is 2.40 bits per heavy atom. The molecule has 0 radical (unpaired) electrons. The predicted octanol–water partition coefficient (Wildman–Crippen LogP) is 3.84. The van der Waals surface area contributed by atoms with Gasteiger partial charge in [0.2, 0.25) is 5.56 Å². The molecule has 0 saturated heterocycles. The van der Waals surface area contributed by atoms with Crippen molar-refractivity contribution in [3.05, 3.63) is 57.8 Å². The molecular weight excluding hydrogens is 253 g/mol. The van der Waals surface area contributed by atoms with Crippen molar-refractivity contribution in [2.75, 3.05) is 0 Å². The summed E-state index contributed by atoms with van der Waals surface area (Å²) in [6.45, 7) is 0. The smallest absolute Gasteiger partial charge is 0.248 e. The van der Waals surface area contributed by atoms with Gasteiger partial charge in [0.05, 0.1) is 0 Å². The van der Waals surface area contributed by atoms with E-state index in [1.54, 1.807) is 18.2 Å². The van der Waals surface area contributed by atoms with Crippen molar-refractivity contribution < 1.29 is 4.39 Å². The number of aromatic amines is 1. The van der Waals surface area contributed by atoms with Crippen molar-refractivity contribution in [3.8, 4) is 11.1 Å². The second-order valence-corrected chi connectivity index (χ2v) is 5.43. The van der Waals surface area contributed by atoms with Gasteiger partial charge >= 0.3 is 0 Å². The van der Waals surface area contributed by atoms with Gasteiger partial charge in [-0.2, -0.15) is 0 Å². The van der Waals surface area contributed by atoms with E-state index in [4.69, 9.17) is 0 Å². The average Bonchev–Trinajstić information content (AvgIpc) is 2.41. The summed E-state index contributed by atoms with van der Waals surface area (Å²) in [5.41, 5.74) is 4.12. The van der Waals surface area contributed by atoms with Crippen LogP contribution in [0.5, 0.6) is 0 Å². The second-order valence-electron chi connectivity index (χ2n) is 5.43. The predicted molar refractivity (Wildman–Crippen MR) is 78.3 cm³/mol. The first-order valence-electron chi connectivity index (χ1n) is 7.25. The first-order chi connectivity index (χ1) is 9.74. The minimum atomic E-state index is -0.249. The van der Waals surface area contributed by atoms with Crippen LogP contribution >= 0.6 is 0 Å². The van der Waals surface area contributed by atoms with Gasteiger partial charge in [-0.1, -0.05) is 25.0 Å². The molecule has 0 bridgehead atoms. The summed E-state index contributed by atoms with van der Waals surface area (Å²) >= 11 is 0. The number of rotatable bonds is 1. The highest BCUT2D eigenvalue weighted by Crippen LogP contribution is 2.28. The third-order valence-electron chi connectivity index (χ3n) is 4.00. The highest BCUT2D eigenvalue weighted by atomic mass is 19.1. The molecule has 0 unspecified atom stereocenters.